The molecule has 0 radical (unpaired) electrons. The molecule has 136 valence electrons. The highest BCUT2D eigenvalue weighted by Crippen LogP contribution is 2.35. The number of aromatic hydroxyl groups is 3. The van der Waals surface area contributed by atoms with Gasteiger partial charge in [0.1, 0.15) is 0 Å². The van der Waals surface area contributed by atoms with Gasteiger partial charge in [-0.2, -0.15) is 0 Å². The Hall–Kier alpha value is -3.54. The van der Waals surface area contributed by atoms with Crippen LogP contribution < -0.4 is 0 Å². The summed E-state index contributed by atoms with van der Waals surface area (Å²) < 4.78 is 0. The van der Waals surface area contributed by atoms with Crippen molar-refractivity contribution >= 4 is 23.9 Å². The normalized spacial score (nSPS) is 12.7. The van der Waals surface area contributed by atoms with E-state index in [1.165, 1.54) is 0 Å². The first-order chi connectivity index (χ1) is 11.5. The van der Waals surface area contributed by atoms with Crippen LogP contribution in [0.5, 0.6) is 17.2 Å². The molecular formula is C13H12O12. The number of aliphatic hydroxyl groups is 1. The van der Waals surface area contributed by atoms with Crippen molar-refractivity contribution in [2.24, 2.45) is 0 Å². The maximum absolute atomic E-state index is 11.6. The lowest BCUT2D eigenvalue weighted by molar-refractivity contribution is -0.238. The molecule has 0 bridgehead atoms. The number of carboxylic acid groups (broad SMARTS) is 2. The highest BCUT2D eigenvalue weighted by molar-refractivity contribution is 5.92. The van der Waals surface area contributed by atoms with Crippen LogP contribution >= 0.6 is 0 Å². The number of carboxylic acids is 2. The number of phenols is 3. The Kier molecular flexibility index (Phi) is 5.74. The van der Waals surface area contributed by atoms with Crippen LogP contribution in [0.1, 0.15) is 23.2 Å². The first-order valence-corrected chi connectivity index (χ1v) is 6.30. The summed E-state index contributed by atoms with van der Waals surface area (Å²) in [7, 11) is 0. The topological polar surface area (TPSA) is 208 Å². The smallest absolute Gasteiger partial charge is 0.386 e. The molecule has 12 heteroatoms. The van der Waals surface area contributed by atoms with Crippen molar-refractivity contribution < 1.29 is 59.6 Å². The minimum absolute atomic E-state index is 0.542. The molecule has 1 atom stereocenters. The van der Waals surface area contributed by atoms with Gasteiger partial charge in [0, 0.05) is 0 Å². The zero-order valence-electron chi connectivity index (χ0n) is 12.2. The summed E-state index contributed by atoms with van der Waals surface area (Å²) in [5.41, 5.74) is -3.52. The number of benzene rings is 1. The van der Waals surface area contributed by atoms with E-state index in [0.717, 1.165) is 0 Å². The molecule has 0 aliphatic heterocycles. The summed E-state index contributed by atoms with van der Waals surface area (Å²) >= 11 is 0. The van der Waals surface area contributed by atoms with Crippen molar-refractivity contribution in [3.8, 4) is 17.2 Å². The molecule has 0 aliphatic carbocycles. The first-order valence-electron chi connectivity index (χ1n) is 6.30. The molecule has 0 aliphatic rings. The molecule has 1 rings (SSSR count). The number of hydrogen-bond acceptors (Lipinski definition) is 10. The second kappa shape index (κ2) is 7.35. The number of hydrogen-bond donors (Lipinski definition) is 6. The molecule has 1 aromatic carbocycles. The van der Waals surface area contributed by atoms with Crippen molar-refractivity contribution in [2.45, 2.75) is 18.4 Å². The van der Waals surface area contributed by atoms with Gasteiger partial charge in [-0.1, -0.05) is 0 Å². The van der Waals surface area contributed by atoms with Crippen LogP contribution in [-0.4, -0.2) is 60.1 Å². The average Bonchev–Trinajstić information content (AvgIpc) is 2.48. The van der Waals surface area contributed by atoms with Crippen LogP contribution in [0, 0.1) is 0 Å². The van der Waals surface area contributed by atoms with Gasteiger partial charge in [0.15, 0.2) is 22.8 Å². The van der Waals surface area contributed by atoms with Crippen molar-refractivity contribution in [3.05, 3.63) is 17.7 Å². The van der Waals surface area contributed by atoms with E-state index in [1.807, 2.05) is 0 Å². The average molecular weight is 360 g/mol. The quantitative estimate of drug-likeness (QED) is 0.207. The highest BCUT2D eigenvalue weighted by Gasteiger charge is 2.42. The van der Waals surface area contributed by atoms with Gasteiger partial charge < -0.3 is 30.6 Å². The van der Waals surface area contributed by atoms with E-state index >= 15 is 0 Å². The molecular weight excluding hydrogens is 348 g/mol. The third-order valence-corrected chi connectivity index (χ3v) is 2.79. The number of carbonyl (C=O) groups excluding carboxylic acids is 2. The Morgan fingerprint density at radius 1 is 0.920 bits per heavy atom. The Morgan fingerprint density at radius 2 is 1.44 bits per heavy atom. The third-order valence-electron chi connectivity index (χ3n) is 2.79. The van der Waals surface area contributed by atoms with E-state index in [-0.39, 0.29) is 0 Å². The number of rotatable bonds is 6. The van der Waals surface area contributed by atoms with Gasteiger partial charge in [0.2, 0.25) is 0 Å². The first kappa shape index (κ1) is 19.5. The van der Waals surface area contributed by atoms with Crippen molar-refractivity contribution in [2.75, 3.05) is 0 Å². The van der Waals surface area contributed by atoms with Crippen LogP contribution in [0.2, 0.25) is 0 Å². The molecule has 6 N–H and O–H groups in total. The van der Waals surface area contributed by atoms with Gasteiger partial charge in [-0.25, -0.2) is 24.2 Å². The summed E-state index contributed by atoms with van der Waals surface area (Å²) in [6.45, 7) is 0. The summed E-state index contributed by atoms with van der Waals surface area (Å²) in [6, 6.07) is 1.34. The molecule has 0 saturated carbocycles. The van der Waals surface area contributed by atoms with Gasteiger partial charge in [-0.3, -0.25) is 4.79 Å². The summed E-state index contributed by atoms with van der Waals surface area (Å²) in [4.78, 5) is 52.3. The minimum atomic E-state index is -2.98. The van der Waals surface area contributed by atoms with E-state index in [9.17, 15) is 34.5 Å². The molecule has 0 spiro atoms. The Morgan fingerprint density at radius 3 is 1.88 bits per heavy atom. The van der Waals surface area contributed by atoms with E-state index < -0.39 is 65.1 Å². The van der Waals surface area contributed by atoms with Crippen LogP contribution in [0.25, 0.3) is 0 Å². The Bertz CT molecular complexity index is 701. The van der Waals surface area contributed by atoms with Gasteiger partial charge in [-0.05, 0) is 12.1 Å². The summed E-state index contributed by atoms with van der Waals surface area (Å²) in [5.74, 6) is -9.37. The van der Waals surface area contributed by atoms with Gasteiger partial charge in [-0.15, -0.1) is 0 Å². The SMILES string of the molecule is O=C(O)CC(O)(CC(=O)OOC(=O)c1cc(O)c(O)c(O)c1)C(=O)O. The second-order valence-corrected chi connectivity index (χ2v) is 4.77. The summed E-state index contributed by atoms with van der Waals surface area (Å²) in [5, 5.41) is 54.5. The molecule has 1 aromatic rings. The molecule has 1 unspecified atom stereocenters. The zero-order chi connectivity index (χ0) is 19.4. The minimum Gasteiger partial charge on any atom is -0.504 e. The number of carbonyl (C=O) groups is 4. The second-order valence-electron chi connectivity index (χ2n) is 4.77. The lowest BCUT2D eigenvalue weighted by Gasteiger charge is -2.19. The molecule has 0 aromatic heterocycles. The molecule has 0 saturated heterocycles. The molecule has 25 heavy (non-hydrogen) atoms. The van der Waals surface area contributed by atoms with E-state index in [4.69, 9.17) is 15.3 Å². The number of aliphatic carboxylic acids is 2. The van der Waals surface area contributed by atoms with Gasteiger partial charge in [0.05, 0.1) is 18.4 Å². The lowest BCUT2D eigenvalue weighted by Crippen LogP contribution is -2.43. The predicted molar refractivity (Wildman–Crippen MR) is 72.4 cm³/mol. The summed E-state index contributed by atoms with van der Waals surface area (Å²) in [6.07, 6.45) is -2.65. The predicted octanol–water partition coefficient (Wildman–Crippen LogP) is -0.901. The third kappa shape index (κ3) is 4.97. The van der Waals surface area contributed by atoms with Crippen LogP contribution in [0.4, 0.5) is 0 Å². The lowest BCUT2D eigenvalue weighted by atomic mass is 9.96. The van der Waals surface area contributed by atoms with E-state index in [0.29, 0.717) is 12.1 Å². The maximum Gasteiger partial charge on any atom is 0.386 e. The fourth-order valence-corrected chi connectivity index (χ4v) is 1.59. The van der Waals surface area contributed by atoms with Crippen molar-refractivity contribution in [3.63, 3.8) is 0 Å². The molecule has 12 nitrogen and oxygen atoms in total. The van der Waals surface area contributed by atoms with Crippen LogP contribution in [-0.2, 0) is 24.2 Å². The van der Waals surface area contributed by atoms with E-state index in [2.05, 4.69) is 9.78 Å². The maximum atomic E-state index is 11.6. The number of phenolic OH excluding ortho intramolecular Hbond substituents is 3. The fourth-order valence-electron chi connectivity index (χ4n) is 1.59. The largest absolute Gasteiger partial charge is 0.504 e. The van der Waals surface area contributed by atoms with Crippen LogP contribution in [0.15, 0.2) is 12.1 Å². The highest BCUT2D eigenvalue weighted by atomic mass is 17.2. The fraction of sp³-hybridized carbons (Fsp3) is 0.231. The van der Waals surface area contributed by atoms with E-state index in [1.54, 1.807) is 0 Å². The molecule has 0 amide bonds. The van der Waals surface area contributed by atoms with Crippen molar-refractivity contribution in [1.82, 2.24) is 0 Å². The van der Waals surface area contributed by atoms with Gasteiger partial charge >= 0.3 is 23.9 Å². The monoisotopic (exact) mass is 360 g/mol. The Balaban J connectivity index is 2.74. The van der Waals surface area contributed by atoms with Crippen LogP contribution in [0.3, 0.4) is 0 Å². The van der Waals surface area contributed by atoms with Gasteiger partial charge in [0.25, 0.3) is 0 Å². The Labute approximate surface area is 138 Å². The standard InChI is InChI=1S/C13H12O12/c14-6-1-5(2-7(15)10(6)19)11(20)25-24-9(18)4-13(23,12(21)22)3-8(16)17/h1-2,14-15,19,23H,3-4H2,(H,16,17)(H,21,22). The zero-order valence-corrected chi connectivity index (χ0v) is 12.2. The molecule has 0 fully saturated rings. The van der Waals surface area contributed by atoms with Crippen molar-refractivity contribution in [1.29, 1.82) is 0 Å². The molecule has 0 heterocycles.